The molecule has 3 aromatic carbocycles. The second-order valence-electron chi connectivity index (χ2n) is 7.09. The van der Waals surface area contributed by atoms with Crippen molar-refractivity contribution in [2.24, 2.45) is 0 Å². The molecule has 1 aliphatic rings. The molecule has 1 N–H and O–H groups in total. The molecular weight excluding hydrogens is 432 g/mol. The summed E-state index contributed by atoms with van der Waals surface area (Å²) in [4.78, 5) is 25.6. The third-order valence-corrected chi connectivity index (χ3v) is 7.63. The van der Waals surface area contributed by atoms with Gasteiger partial charge in [-0.2, -0.15) is 8.42 Å². The highest BCUT2D eigenvalue weighted by Gasteiger charge is 2.38. The minimum atomic E-state index is -4.18. The summed E-state index contributed by atoms with van der Waals surface area (Å²) in [5.74, 6) is -1.03. The monoisotopic (exact) mass is 448 g/mol. The van der Waals surface area contributed by atoms with Gasteiger partial charge in [-0.1, -0.05) is 72.8 Å². The molecule has 0 radical (unpaired) electrons. The predicted octanol–water partition coefficient (Wildman–Crippen LogP) is 4.25. The molecule has 4 aromatic rings. The van der Waals surface area contributed by atoms with Gasteiger partial charge in [0.25, 0.3) is 5.91 Å². The fourth-order valence-corrected chi connectivity index (χ4v) is 6.02. The molecule has 0 saturated heterocycles. The standard InChI is InChI=1S/C23H16N2O4S2/c26-19(17-12-10-16(11-13-17)15-6-2-1-3-7-15)14-25-21-18-8-4-5-9-20(18)30-22(21)23(27)24-31(25,28)29/h1-13H,14H2,(H,24,27). The smallest absolute Gasteiger partial charge is 0.292 e. The number of hydrogen-bond acceptors (Lipinski definition) is 5. The Bertz CT molecular complexity index is 1430. The van der Waals surface area contributed by atoms with Crippen LogP contribution in [0.25, 0.3) is 21.2 Å². The minimum absolute atomic E-state index is 0.263. The lowest BCUT2D eigenvalue weighted by Gasteiger charge is -2.28. The van der Waals surface area contributed by atoms with Gasteiger partial charge in [0.1, 0.15) is 4.88 Å². The van der Waals surface area contributed by atoms with Gasteiger partial charge in [0.05, 0.1) is 12.2 Å². The van der Waals surface area contributed by atoms with Gasteiger partial charge in [-0.3, -0.25) is 9.59 Å². The zero-order valence-corrected chi connectivity index (χ0v) is 17.7. The molecule has 0 bridgehead atoms. The number of nitrogens with one attached hydrogen (secondary N) is 1. The first kappa shape index (κ1) is 19.5. The van der Waals surface area contributed by atoms with Crippen LogP contribution >= 0.6 is 11.3 Å². The summed E-state index contributed by atoms with van der Waals surface area (Å²) in [6.45, 7) is -0.402. The van der Waals surface area contributed by atoms with Gasteiger partial charge in [-0.25, -0.2) is 9.03 Å². The van der Waals surface area contributed by atoms with Crippen LogP contribution in [0.15, 0.2) is 78.9 Å². The van der Waals surface area contributed by atoms with Gasteiger partial charge in [0, 0.05) is 15.6 Å². The van der Waals surface area contributed by atoms with Gasteiger partial charge in [0.15, 0.2) is 5.78 Å². The molecule has 0 fully saturated rings. The van der Waals surface area contributed by atoms with Crippen molar-refractivity contribution in [3.8, 4) is 11.1 Å². The van der Waals surface area contributed by atoms with Crippen LogP contribution in [0.3, 0.4) is 0 Å². The van der Waals surface area contributed by atoms with E-state index >= 15 is 0 Å². The van der Waals surface area contributed by atoms with Crippen molar-refractivity contribution < 1.29 is 18.0 Å². The van der Waals surface area contributed by atoms with Crippen molar-refractivity contribution in [3.05, 3.63) is 89.3 Å². The normalized spacial score (nSPS) is 14.8. The zero-order chi connectivity index (χ0) is 21.6. The van der Waals surface area contributed by atoms with Crippen molar-refractivity contribution in [1.29, 1.82) is 0 Å². The number of fused-ring (bicyclic) bond motifs is 3. The Balaban J connectivity index is 1.50. The second kappa shape index (κ2) is 7.33. The molecule has 1 aromatic heterocycles. The number of Topliss-reactive ketones (excluding diaryl/α,β-unsaturated/α-hetero) is 1. The summed E-state index contributed by atoms with van der Waals surface area (Å²) in [5, 5.41) is 0.633. The molecule has 1 amide bonds. The van der Waals surface area contributed by atoms with Crippen LogP contribution < -0.4 is 9.03 Å². The van der Waals surface area contributed by atoms with Gasteiger partial charge < -0.3 is 0 Å². The number of amides is 1. The van der Waals surface area contributed by atoms with E-state index in [9.17, 15) is 18.0 Å². The van der Waals surface area contributed by atoms with Gasteiger partial charge in [-0.15, -0.1) is 11.3 Å². The van der Waals surface area contributed by atoms with E-state index < -0.39 is 22.7 Å². The van der Waals surface area contributed by atoms with E-state index in [2.05, 4.69) is 0 Å². The van der Waals surface area contributed by atoms with E-state index in [4.69, 9.17) is 0 Å². The number of anilines is 1. The van der Waals surface area contributed by atoms with Crippen molar-refractivity contribution in [1.82, 2.24) is 4.72 Å². The average molecular weight is 449 g/mol. The summed E-state index contributed by atoms with van der Waals surface area (Å²) < 4.78 is 29.3. The molecule has 2 heterocycles. The lowest BCUT2D eigenvalue weighted by molar-refractivity contribution is 0.0973. The molecule has 8 heteroatoms. The van der Waals surface area contributed by atoms with Crippen molar-refractivity contribution in [2.75, 3.05) is 10.8 Å². The van der Waals surface area contributed by atoms with Crippen LogP contribution in [0.1, 0.15) is 20.0 Å². The predicted molar refractivity (Wildman–Crippen MR) is 122 cm³/mol. The van der Waals surface area contributed by atoms with Gasteiger partial charge >= 0.3 is 10.2 Å². The quantitative estimate of drug-likeness (QED) is 0.473. The molecule has 154 valence electrons. The molecule has 0 unspecified atom stereocenters. The first-order valence-electron chi connectivity index (χ1n) is 9.49. The Hall–Kier alpha value is -3.49. The van der Waals surface area contributed by atoms with E-state index in [1.807, 2.05) is 59.3 Å². The minimum Gasteiger partial charge on any atom is -0.292 e. The van der Waals surface area contributed by atoms with Crippen molar-refractivity contribution >= 4 is 49.0 Å². The summed E-state index contributed by atoms with van der Waals surface area (Å²) >= 11 is 1.21. The van der Waals surface area contributed by atoms with Crippen LogP contribution in [-0.4, -0.2) is 26.7 Å². The lowest BCUT2D eigenvalue weighted by Crippen LogP contribution is -2.49. The number of nitrogens with zero attached hydrogens (tertiary/aromatic N) is 1. The van der Waals surface area contributed by atoms with E-state index in [0.717, 1.165) is 20.1 Å². The number of benzene rings is 3. The fraction of sp³-hybridized carbons (Fsp3) is 0.0435. The van der Waals surface area contributed by atoms with Crippen LogP contribution in [0, 0.1) is 0 Å². The van der Waals surface area contributed by atoms with E-state index in [-0.39, 0.29) is 16.3 Å². The van der Waals surface area contributed by atoms with Gasteiger partial charge in [-0.05, 0) is 17.2 Å². The number of rotatable bonds is 4. The Morgan fingerprint density at radius 3 is 2.26 bits per heavy atom. The van der Waals surface area contributed by atoms with Crippen LogP contribution in [0.5, 0.6) is 0 Å². The Morgan fingerprint density at radius 2 is 1.52 bits per heavy atom. The van der Waals surface area contributed by atoms with E-state index in [0.29, 0.717) is 10.9 Å². The summed E-state index contributed by atoms with van der Waals surface area (Å²) in [7, 11) is -4.18. The zero-order valence-electron chi connectivity index (χ0n) is 16.1. The first-order chi connectivity index (χ1) is 14.9. The Labute approximate surface area is 182 Å². The number of carbonyl (C=O) groups is 2. The third kappa shape index (κ3) is 3.39. The SMILES string of the molecule is O=C(CN1c2c(sc3ccccc23)C(=O)NS1(=O)=O)c1ccc(-c2ccccc2)cc1. The number of thiophene rings is 1. The maximum atomic E-state index is 13.0. The number of hydrogen-bond donors (Lipinski definition) is 1. The molecule has 0 atom stereocenters. The van der Waals surface area contributed by atoms with Crippen LogP contribution in [0.2, 0.25) is 0 Å². The van der Waals surface area contributed by atoms with E-state index in [1.54, 1.807) is 24.3 Å². The highest BCUT2D eigenvalue weighted by molar-refractivity contribution is 7.91. The summed E-state index contributed by atoms with van der Waals surface area (Å²) in [6.07, 6.45) is 0. The second-order valence-corrected chi connectivity index (χ2v) is 9.73. The average Bonchev–Trinajstić information content (AvgIpc) is 3.17. The van der Waals surface area contributed by atoms with E-state index in [1.165, 1.54) is 11.3 Å². The molecular formula is C23H16N2O4S2. The molecule has 0 saturated carbocycles. The topological polar surface area (TPSA) is 83.6 Å². The number of carbonyl (C=O) groups excluding carboxylic acids is 2. The third-order valence-electron chi connectivity index (χ3n) is 5.14. The Morgan fingerprint density at radius 1 is 0.871 bits per heavy atom. The summed E-state index contributed by atoms with van der Waals surface area (Å²) in [6, 6.07) is 24.0. The maximum Gasteiger partial charge on any atom is 0.326 e. The number of ketones is 1. The summed E-state index contributed by atoms with van der Waals surface area (Å²) in [5.41, 5.74) is 2.64. The van der Waals surface area contributed by atoms with Gasteiger partial charge in [0.2, 0.25) is 0 Å². The first-order valence-corrected chi connectivity index (χ1v) is 11.7. The molecule has 0 aliphatic carbocycles. The molecule has 0 spiro atoms. The molecule has 31 heavy (non-hydrogen) atoms. The molecule has 6 nitrogen and oxygen atoms in total. The highest BCUT2D eigenvalue weighted by Crippen LogP contribution is 2.41. The van der Waals surface area contributed by atoms with Crippen LogP contribution in [0.4, 0.5) is 5.69 Å². The van der Waals surface area contributed by atoms with Crippen LogP contribution in [-0.2, 0) is 10.2 Å². The largest absolute Gasteiger partial charge is 0.326 e. The molecule has 1 aliphatic heterocycles. The Kier molecular flexibility index (Phi) is 4.60. The maximum absolute atomic E-state index is 13.0. The highest BCUT2D eigenvalue weighted by atomic mass is 32.2. The van der Waals surface area contributed by atoms with Crippen molar-refractivity contribution in [2.45, 2.75) is 0 Å². The molecule has 5 rings (SSSR count). The van der Waals surface area contributed by atoms with Crippen molar-refractivity contribution in [3.63, 3.8) is 0 Å². The lowest BCUT2D eigenvalue weighted by atomic mass is 10.0. The fourth-order valence-electron chi connectivity index (χ4n) is 3.64.